The van der Waals surface area contributed by atoms with Gasteiger partial charge in [-0.25, -0.2) is 13.2 Å². The molecule has 1 aliphatic rings. The highest BCUT2D eigenvalue weighted by molar-refractivity contribution is 7.89. The van der Waals surface area contributed by atoms with Gasteiger partial charge in [0.1, 0.15) is 35.6 Å². The fourth-order valence-corrected chi connectivity index (χ4v) is 5.22. The summed E-state index contributed by atoms with van der Waals surface area (Å²) in [6.45, 7) is 7.78. The number of aliphatic hydroxyl groups excluding tert-OH is 1. The average molecular weight is 551 g/mol. The highest BCUT2D eigenvalue weighted by atomic mass is 32.2. The van der Waals surface area contributed by atoms with Crippen molar-refractivity contribution in [2.24, 2.45) is 0 Å². The van der Waals surface area contributed by atoms with Crippen LogP contribution in [0.4, 0.5) is 4.79 Å². The van der Waals surface area contributed by atoms with E-state index in [9.17, 15) is 23.4 Å². The van der Waals surface area contributed by atoms with Gasteiger partial charge in [-0.05, 0) is 75.7 Å². The third-order valence-corrected chi connectivity index (χ3v) is 7.66. The first-order valence-corrected chi connectivity index (χ1v) is 14.2. The molecular weight excluding hydrogens is 512 g/mol. The van der Waals surface area contributed by atoms with Gasteiger partial charge in [0.15, 0.2) is 0 Å². The Morgan fingerprint density at radius 1 is 1.05 bits per heavy atom. The van der Waals surface area contributed by atoms with Crippen LogP contribution < -0.4 is 9.47 Å². The summed E-state index contributed by atoms with van der Waals surface area (Å²) in [7, 11) is -3.76. The van der Waals surface area contributed by atoms with E-state index in [-0.39, 0.29) is 36.9 Å². The largest absolute Gasteiger partial charge is 0.508 e. The average Bonchev–Trinajstić information content (AvgIpc) is 2.81. The van der Waals surface area contributed by atoms with Gasteiger partial charge in [0.05, 0.1) is 24.1 Å². The molecule has 1 saturated heterocycles. The van der Waals surface area contributed by atoms with Crippen molar-refractivity contribution >= 4 is 16.1 Å². The maximum atomic E-state index is 13.1. The van der Waals surface area contributed by atoms with E-state index in [1.165, 1.54) is 33.5 Å². The molecule has 210 valence electrons. The number of carbonyl (C=O) groups excluding carboxylic acids is 1. The van der Waals surface area contributed by atoms with E-state index in [0.29, 0.717) is 18.1 Å². The van der Waals surface area contributed by atoms with Gasteiger partial charge >= 0.3 is 6.09 Å². The fraction of sp³-hybridized carbons (Fsp3) is 0.519. The summed E-state index contributed by atoms with van der Waals surface area (Å²) in [5.74, 6) is 1.15. The molecule has 0 radical (unpaired) electrons. The van der Waals surface area contributed by atoms with Gasteiger partial charge in [-0.3, -0.25) is 4.90 Å². The zero-order chi connectivity index (χ0) is 27.9. The van der Waals surface area contributed by atoms with Crippen molar-refractivity contribution in [1.29, 1.82) is 0 Å². The number of amides is 1. The Hall–Kier alpha value is -3.02. The lowest BCUT2D eigenvalue weighted by molar-refractivity contribution is -0.0176. The summed E-state index contributed by atoms with van der Waals surface area (Å²) in [6, 6.07) is 11.9. The lowest BCUT2D eigenvalue weighted by Gasteiger charge is -2.44. The predicted octanol–water partition coefficient (Wildman–Crippen LogP) is 3.62. The molecule has 10 nitrogen and oxygen atoms in total. The van der Waals surface area contributed by atoms with E-state index < -0.39 is 33.9 Å². The van der Waals surface area contributed by atoms with Crippen molar-refractivity contribution < 1.29 is 37.6 Å². The topological polar surface area (TPSA) is 126 Å². The number of unbranched alkanes of at least 4 members (excludes halogenated alkanes) is 1. The maximum Gasteiger partial charge on any atom is 0.410 e. The van der Waals surface area contributed by atoms with E-state index in [1.54, 1.807) is 45.0 Å². The van der Waals surface area contributed by atoms with Gasteiger partial charge in [0.25, 0.3) is 0 Å². The zero-order valence-electron chi connectivity index (χ0n) is 22.4. The van der Waals surface area contributed by atoms with Gasteiger partial charge in [0.2, 0.25) is 10.0 Å². The molecular formula is C27H38N2O8S. The van der Waals surface area contributed by atoms with Crippen molar-refractivity contribution in [2.45, 2.75) is 63.2 Å². The van der Waals surface area contributed by atoms with Crippen LogP contribution in [0.3, 0.4) is 0 Å². The Morgan fingerprint density at radius 3 is 2.21 bits per heavy atom. The smallest absolute Gasteiger partial charge is 0.410 e. The highest BCUT2D eigenvalue weighted by Crippen LogP contribution is 2.27. The molecule has 2 N–H and O–H groups in total. The first-order valence-electron chi connectivity index (χ1n) is 12.7. The molecule has 1 heterocycles. The summed E-state index contributed by atoms with van der Waals surface area (Å²) in [5.41, 5.74) is -0.765. The third-order valence-electron chi connectivity index (χ3n) is 5.81. The molecule has 1 amide bonds. The minimum Gasteiger partial charge on any atom is -0.508 e. The summed E-state index contributed by atoms with van der Waals surface area (Å²) in [5, 5.41) is 20.0. The lowest BCUT2D eigenvalue weighted by atomic mass is 10.1. The second-order valence-corrected chi connectivity index (χ2v) is 12.2. The van der Waals surface area contributed by atoms with E-state index in [4.69, 9.17) is 14.2 Å². The first kappa shape index (κ1) is 29.5. The quantitative estimate of drug-likeness (QED) is 0.384. The molecule has 0 saturated carbocycles. The molecule has 1 atom stereocenters. The molecule has 0 aliphatic carbocycles. The second-order valence-electron chi connectivity index (χ2n) is 10.2. The van der Waals surface area contributed by atoms with Crippen molar-refractivity contribution in [2.75, 3.05) is 32.8 Å². The number of aromatic hydroxyl groups is 1. The summed E-state index contributed by atoms with van der Waals surface area (Å²) >= 11 is 0. The SMILES string of the molecule is CCCCOc1ccc(S(=O)(=O)N2CC(N(CC(O)COc3ccc(O)cc3)C(=O)OC(C)(C)C)C2)cc1. The highest BCUT2D eigenvalue weighted by Gasteiger charge is 2.43. The van der Waals surface area contributed by atoms with Crippen LogP contribution >= 0.6 is 0 Å². The number of sulfonamides is 1. The van der Waals surface area contributed by atoms with Crippen LogP contribution in [0.25, 0.3) is 0 Å². The number of benzene rings is 2. The summed E-state index contributed by atoms with van der Waals surface area (Å²) < 4.78 is 44.2. The second kappa shape index (κ2) is 12.7. The van der Waals surface area contributed by atoms with Crippen LogP contribution in [-0.2, 0) is 14.8 Å². The number of rotatable bonds is 12. The Balaban J connectivity index is 1.62. The Bertz CT molecular complexity index is 1140. The van der Waals surface area contributed by atoms with Gasteiger partial charge in [-0.1, -0.05) is 13.3 Å². The zero-order valence-corrected chi connectivity index (χ0v) is 23.2. The molecule has 1 unspecified atom stereocenters. The standard InChI is InChI=1S/C27H38N2O8S/c1-5-6-15-35-23-11-13-25(14-12-23)38(33,34)28-16-20(17-28)29(26(32)37-27(2,3)4)18-22(31)19-36-24-9-7-21(30)8-10-24/h7-14,20,22,30-31H,5-6,15-19H2,1-4H3. The molecule has 1 fully saturated rings. The molecule has 11 heteroatoms. The number of ether oxygens (including phenoxy) is 3. The summed E-state index contributed by atoms with van der Waals surface area (Å²) in [4.78, 5) is 14.5. The molecule has 2 aromatic rings. The molecule has 2 aromatic carbocycles. The van der Waals surface area contributed by atoms with E-state index in [1.807, 2.05) is 0 Å². The number of hydrogen-bond donors (Lipinski definition) is 2. The Labute approximate surface area is 224 Å². The molecule has 0 spiro atoms. The molecule has 38 heavy (non-hydrogen) atoms. The van der Waals surface area contributed by atoms with Gasteiger partial charge in [-0.2, -0.15) is 4.31 Å². The number of hydrogen-bond acceptors (Lipinski definition) is 8. The third kappa shape index (κ3) is 8.24. The number of phenols is 1. The van der Waals surface area contributed by atoms with Crippen LogP contribution in [0.1, 0.15) is 40.5 Å². The van der Waals surface area contributed by atoms with Crippen molar-refractivity contribution in [3.8, 4) is 17.2 Å². The minimum absolute atomic E-state index is 0.0713. The molecule has 1 aliphatic heterocycles. The minimum atomic E-state index is -3.76. The van der Waals surface area contributed by atoms with E-state index in [2.05, 4.69) is 6.92 Å². The van der Waals surface area contributed by atoms with Crippen LogP contribution in [0.5, 0.6) is 17.2 Å². The Morgan fingerprint density at radius 2 is 1.63 bits per heavy atom. The van der Waals surface area contributed by atoms with Crippen LogP contribution in [0, 0.1) is 0 Å². The van der Waals surface area contributed by atoms with Crippen LogP contribution in [0.2, 0.25) is 0 Å². The number of nitrogens with zero attached hydrogens (tertiary/aromatic N) is 2. The van der Waals surface area contributed by atoms with Crippen LogP contribution in [0.15, 0.2) is 53.4 Å². The normalized spacial score (nSPS) is 15.4. The van der Waals surface area contributed by atoms with Crippen molar-refractivity contribution in [3.05, 3.63) is 48.5 Å². The monoisotopic (exact) mass is 550 g/mol. The molecule has 3 rings (SSSR count). The Kier molecular flexibility index (Phi) is 9.86. The van der Waals surface area contributed by atoms with Gasteiger partial charge in [-0.15, -0.1) is 0 Å². The number of carbonyl (C=O) groups is 1. The van der Waals surface area contributed by atoms with E-state index in [0.717, 1.165) is 12.8 Å². The number of aliphatic hydroxyl groups is 1. The van der Waals surface area contributed by atoms with E-state index >= 15 is 0 Å². The summed E-state index contributed by atoms with van der Waals surface area (Å²) in [6.07, 6.45) is 0.228. The predicted molar refractivity (Wildman–Crippen MR) is 142 cm³/mol. The maximum absolute atomic E-state index is 13.1. The molecule has 0 bridgehead atoms. The molecule has 0 aromatic heterocycles. The van der Waals surface area contributed by atoms with Gasteiger partial charge in [0, 0.05) is 13.1 Å². The van der Waals surface area contributed by atoms with Crippen molar-refractivity contribution in [3.63, 3.8) is 0 Å². The van der Waals surface area contributed by atoms with Crippen molar-refractivity contribution in [1.82, 2.24) is 9.21 Å². The number of phenolic OH excluding ortho intramolecular Hbond substituents is 1. The van der Waals surface area contributed by atoms with Crippen LogP contribution in [-0.4, -0.2) is 84.5 Å². The first-order chi connectivity index (χ1) is 17.9. The lowest BCUT2D eigenvalue weighted by Crippen LogP contribution is -2.63. The fourth-order valence-electron chi connectivity index (χ4n) is 3.71. The van der Waals surface area contributed by atoms with Gasteiger partial charge < -0.3 is 24.4 Å².